The largest absolute Gasteiger partial charge is 0.496 e. The van der Waals surface area contributed by atoms with Crippen LogP contribution in [0.15, 0.2) is 42.6 Å². The molecule has 1 aliphatic rings. The minimum Gasteiger partial charge on any atom is -0.496 e. The van der Waals surface area contributed by atoms with Crippen LogP contribution < -0.4 is 15.0 Å². The van der Waals surface area contributed by atoms with E-state index in [0.717, 1.165) is 31.7 Å². The van der Waals surface area contributed by atoms with Crippen LogP contribution in [0.3, 0.4) is 0 Å². The van der Waals surface area contributed by atoms with Crippen LogP contribution in [0.25, 0.3) is 0 Å². The maximum Gasteiger partial charge on any atom is 0.255 e. The van der Waals surface area contributed by atoms with E-state index in [1.54, 1.807) is 25.4 Å². The summed E-state index contributed by atoms with van der Waals surface area (Å²) in [6.45, 7) is 1.67. The minimum absolute atomic E-state index is 0.0863. The zero-order valence-electron chi connectivity index (χ0n) is 13.1. The average molecular weight is 312 g/mol. The number of amides is 1. The fraction of sp³-hybridized carbons (Fsp3) is 0.353. The molecule has 0 unspecified atom stereocenters. The van der Waals surface area contributed by atoms with Crippen LogP contribution >= 0.6 is 0 Å². The first-order chi connectivity index (χ1) is 11.3. The molecule has 1 saturated heterocycles. The van der Waals surface area contributed by atoms with Crippen molar-refractivity contribution in [3.05, 3.63) is 48.2 Å². The first-order valence-corrected chi connectivity index (χ1v) is 7.74. The van der Waals surface area contributed by atoms with Crippen molar-refractivity contribution in [2.75, 3.05) is 25.1 Å². The van der Waals surface area contributed by atoms with Crippen LogP contribution in [-0.4, -0.2) is 42.3 Å². The van der Waals surface area contributed by atoms with Crippen LogP contribution in [0.1, 0.15) is 23.2 Å². The van der Waals surface area contributed by atoms with E-state index < -0.39 is 0 Å². The molecule has 1 aromatic heterocycles. The number of para-hydroxylation sites is 1. The molecule has 2 heterocycles. The predicted molar refractivity (Wildman–Crippen MR) is 87.7 cm³/mol. The second-order valence-electron chi connectivity index (χ2n) is 5.54. The van der Waals surface area contributed by atoms with Gasteiger partial charge in [0.1, 0.15) is 5.75 Å². The Hall–Kier alpha value is -2.63. The Balaban J connectivity index is 1.67. The number of nitrogens with zero attached hydrogens (tertiary/aromatic N) is 3. The Bertz CT molecular complexity index is 663. The lowest BCUT2D eigenvalue weighted by Crippen LogP contribution is -2.48. The van der Waals surface area contributed by atoms with Crippen LogP contribution in [0.5, 0.6) is 5.75 Å². The number of hydrogen-bond acceptors (Lipinski definition) is 5. The Kier molecular flexibility index (Phi) is 4.71. The molecule has 0 spiro atoms. The molecule has 1 aromatic carbocycles. The van der Waals surface area contributed by atoms with Gasteiger partial charge in [-0.25, -0.2) is 0 Å². The fourth-order valence-corrected chi connectivity index (χ4v) is 2.86. The third kappa shape index (κ3) is 3.59. The van der Waals surface area contributed by atoms with Gasteiger partial charge in [0.15, 0.2) is 5.82 Å². The molecule has 0 saturated carbocycles. The highest BCUT2D eigenvalue weighted by Crippen LogP contribution is 2.20. The van der Waals surface area contributed by atoms with Gasteiger partial charge in [0.2, 0.25) is 0 Å². The minimum atomic E-state index is -0.103. The van der Waals surface area contributed by atoms with E-state index in [0.29, 0.717) is 11.3 Å². The van der Waals surface area contributed by atoms with Gasteiger partial charge in [-0.3, -0.25) is 4.79 Å². The number of hydrogen-bond donors (Lipinski definition) is 1. The summed E-state index contributed by atoms with van der Waals surface area (Å²) in [4.78, 5) is 14.7. The van der Waals surface area contributed by atoms with Crippen molar-refractivity contribution in [2.45, 2.75) is 18.9 Å². The zero-order valence-corrected chi connectivity index (χ0v) is 13.1. The second kappa shape index (κ2) is 7.09. The highest BCUT2D eigenvalue weighted by atomic mass is 16.5. The number of anilines is 1. The highest BCUT2D eigenvalue weighted by molar-refractivity contribution is 5.97. The molecule has 1 atom stereocenters. The van der Waals surface area contributed by atoms with Crippen LogP contribution in [0.2, 0.25) is 0 Å². The van der Waals surface area contributed by atoms with Gasteiger partial charge in [-0.15, -0.1) is 5.10 Å². The van der Waals surface area contributed by atoms with Crippen molar-refractivity contribution in [1.82, 2.24) is 15.5 Å². The number of rotatable bonds is 4. The summed E-state index contributed by atoms with van der Waals surface area (Å²) in [6.07, 6.45) is 3.62. The lowest BCUT2D eigenvalue weighted by Gasteiger charge is -2.33. The van der Waals surface area contributed by atoms with E-state index in [2.05, 4.69) is 20.4 Å². The molecule has 6 nitrogen and oxygen atoms in total. The number of nitrogens with one attached hydrogen (secondary N) is 1. The summed E-state index contributed by atoms with van der Waals surface area (Å²) in [5, 5.41) is 11.2. The number of piperidine rings is 1. The van der Waals surface area contributed by atoms with Crippen molar-refractivity contribution >= 4 is 11.7 Å². The van der Waals surface area contributed by atoms with E-state index in [9.17, 15) is 4.79 Å². The molecule has 6 heteroatoms. The Morgan fingerprint density at radius 3 is 2.96 bits per heavy atom. The van der Waals surface area contributed by atoms with Crippen molar-refractivity contribution < 1.29 is 9.53 Å². The summed E-state index contributed by atoms with van der Waals surface area (Å²) in [5.74, 6) is 1.34. The summed E-state index contributed by atoms with van der Waals surface area (Å²) >= 11 is 0. The number of methoxy groups -OCH3 is 1. The van der Waals surface area contributed by atoms with Gasteiger partial charge in [0, 0.05) is 25.3 Å². The summed E-state index contributed by atoms with van der Waals surface area (Å²) in [5.41, 5.74) is 0.562. The molecule has 2 aromatic rings. The van der Waals surface area contributed by atoms with Gasteiger partial charge in [0.25, 0.3) is 5.91 Å². The molecule has 1 amide bonds. The zero-order chi connectivity index (χ0) is 16.1. The predicted octanol–water partition coefficient (Wildman–Crippen LogP) is 1.88. The van der Waals surface area contributed by atoms with Gasteiger partial charge in [-0.1, -0.05) is 12.1 Å². The van der Waals surface area contributed by atoms with Gasteiger partial charge in [-0.2, -0.15) is 5.10 Å². The number of benzene rings is 1. The van der Waals surface area contributed by atoms with Gasteiger partial charge >= 0.3 is 0 Å². The third-order valence-corrected chi connectivity index (χ3v) is 3.99. The normalized spacial score (nSPS) is 17.6. The van der Waals surface area contributed by atoms with Crippen LogP contribution in [-0.2, 0) is 0 Å². The average Bonchev–Trinajstić information content (AvgIpc) is 2.62. The van der Waals surface area contributed by atoms with E-state index in [-0.39, 0.29) is 11.9 Å². The second-order valence-corrected chi connectivity index (χ2v) is 5.54. The molecular formula is C17H20N4O2. The monoisotopic (exact) mass is 312 g/mol. The smallest absolute Gasteiger partial charge is 0.255 e. The standard InChI is InChI=1S/C17H20N4O2/c1-23-15-8-3-2-7-14(15)17(22)19-13-6-5-11-21(12-13)16-9-4-10-18-20-16/h2-4,7-10,13H,5-6,11-12H2,1H3,(H,19,22)/t13-/m0/s1. The third-order valence-electron chi connectivity index (χ3n) is 3.99. The van der Waals surface area contributed by atoms with E-state index in [1.807, 2.05) is 24.3 Å². The number of ether oxygens (including phenoxy) is 1. The molecule has 0 radical (unpaired) electrons. The van der Waals surface area contributed by atoms with E-state index >= 15 is 0 Å². The molecule has 23 heavy (non-hydrogen) atoms. The summed E-state index contributed by atoms with van der Waals surface area (Å²) in [6, 6.07) is 11.2. The van der Waals surface area contributed by atoms with Crippen molar-refractivity contribution in [1.29, 1.82) is 0 Å². The highest BCUT2D eigenvalue weighted by Gasteiger charge is 2.23. The van der Waals surface area contributed by atoms with Gasteiger partial charge < -0.3 is 15.0 Å². The Morgan fingerprint density at radius 2 is 2.17 bits per heavy atom. The molecule has 3 rings (SSSR count). The van der Waals surface area contributed by atoms with Gasteiger partial charge in [0.05, 0.1) is 12.7 Å². The molecule has 1 aliphatic heterocycles. The van der Waals surface area contributed by atoms with Crippen molar-refractivity contribution in [3.63, 3.8) is 0 Å². The molecule has 0 bridgehead atoms. The molecular weight excluding hydrogens is 292 g/mol. The Labute approximate surface area is 135 Å². The number of carbonyl (C=O) groups is 1. The molecule has 0 aliphatic carbocycles. The first kappa shape index (κ1) is 15.3. The van der Waals surface area contributed by atoms with Crippen LogP contribution in [0, 0.1) is 0 Å². The van der Waals surface area contributed by atoms with E-state index in [4.69, 9.17) is 4.74 Å². The molecule has 1 N–H and O–H groups in total. The number of aromatic nitrogens is 2. The molecule has 1 fully saturated rings. The Morgan fingerprint density at radius 1 is 1.30 bits per heavy atom. The summed E-state index contributed by atoms with van der Waals surface area (Å²) in [7, 11) is 1.57. The lowest BCUT2D eigenvalue weighted by molar-refractivity contribution is 0.0930. The van der Waals surface area contributed by atoms with Crippen LogP contribution in [0.4, 0.5) is 5.82 Å². The maximum absolute atomic E-state index is 12.5. The van der Waals surface area contributed by atoms with E-state index in [1.165, 1.54) is 0 Å². The SMILES string of the molecule is COc1ccccc1C(=O)N[C@H]1CCCN(c2cccnn2)C1. The first-order valence-electron chi connectivity index (χ1n) is 7.74. The lowest BCUT2D eigenvalue weighted by atomic mass is 10.0. The van der Waals surface area contributed by atoms with Crippen molar-refractivity contribution in [2.24, 2.45) is 0 Å². The quantitative estimate of drug-likeness (QED) is 0.934. The fourth-order valence-electron chi connectivity index (χ4n) is 2.86. The van der Waals surface area contributed by atoms with Crippen molar-refractivity contribution in [3.8, 4) is 5.75 Å². The molecule has 120 valence electrons. The number of carbonyl (C=O) groups excluding carboxylic acids is 1. The topological polar surface area (TPSA) is 67.3 Å². The maximum atomic E-state index is 12.5. The van der Waals surface area contributed by atoms with Gasteiger partial charge in [-0.05, 0) is 37.1 Å². The summed E-state index contributed by atoms with van der Waals surface area (Å²) < 4.78 is 5.26.